The maximum absolute atomic E-state index is 12.6. The number of aromatic nitrogens is 3. The van der Waals surface area contributed by atoms with Crippen LogP contribution >= 0.6 is 0 Å². The Morgan fingerprint density at radius 3 is 2.67 bits per heavy atom. The average molecular weight is 353 g/mol. The molecule has 0 saturated heterocycles. The Morgan fingerprint density at radius 2 is 1.81 bits per heavy atom. The quantitative estimate of drug-likeness (QED) is 0.444. The summed E-state index contributed by atoms with van der Waals surface area (Å²) in [6, 6.07) is 20.5. The van der Waals surface area contributed by atoms with Gasteiger partial charge in [-0.15, -0.1) is 0 Å². The zero-order valence-corrected chi connectivity index (χ0v) is 14.6. The molecule has 0 aliphatic rings. The lowest BCUT2D eigenvalue weighted by Crippen LogP contribution is -1.98. The molecule has 0 radical (unpaired) electrons. The van der Waals surface area contributed by atoms with Crippen molar-refractivity contribution >= 4 is 27.7 Å². The van der Waals surface area contributed by atoms with Gasteiger partial charge in [-0.3, -0.25) is 9.78 Å². The molecular formula is C22H15N3O2. The van der Waals surface area contributed by atoms with Gasteiger partial charge >= 0.3 is 0 Å². The Kier molecular flexibility index (Phi) is 3.40. The summed E-state index contributed by atoms with van der Waals surface area (Å²) in [4.78, 5) is 21.8. The van der Waals surface area contributed by atoms with Gasteiger partial charge in [0, 0.05) is 24.2 Å². The summed E-state index contributed by atoms with van der Waals surface area (Å²) in [7, 11) is 1.94. The second-order valence-corrected chi connectivity index (χ2v) is 6.36. The highest BCUT2D eigenvalue weighted by Gasteiger charge is 2.18. The van der Waals surface area contributed by atoms with E-state index in [1.54, 1.807) is 30.5 Å². The normalized spacial score (nSPS) is 11.3. The highest BCUT2D eigenvalue weighted by molar-refractivity contribution is 6.07. The standard InChI is InChI=1S/C22H15N3O2/c1-25-17-10-9-16-15(8-5-13-23-16)20(17)24-22(25)19-12-11-18(27-19)21(26)14-6-3-2-4-7-14/h2-13H,1H3. The molecule has 0 aliphatic carbocycles. The molecule has 0 amide bonds. The molecule has 0 spiro atoms. The van der Waals surface area contributed by atoms with Gasteiger partial charge in [-0.2, -0.15) is 0 Å². The molecule has 0 bridgehead atoms. The van der Waals surface area contributed by atoms with Crippen LogP contribution in [0.15, 0.2) is 77.3 Å². The Hall–Kier alpha value is -3.73. The monoisotopic (exact) mass is 353 g/mol. The molecule has 130 valence electrons. The van der Waals surface area contributed by atoms with Crippen LogP contribution in [0.4, 0.5) is 0 Å². The SMILES string of the molecule is Cn1c(-c2ccc(C(=O)c3ccccc3)o2)nc2c3cccnc3ccc21. The first kappa shape index (κ1) is 15.5. The summed E-state index contributed by atoms with van der Waals surface area (Å²) in [5.74, 6) is 1.39. The summed E-state index contributed by atoms with van der Waals surface area (Å²) < 4.78 is 7.83. The molecule has 0 aliphatic heterocycles. The van der Waals surface area contributed by atoms with Crippen LogP contribution in [0.1, 0.15) is 16.1 Å². The number of pyridine rings is 1. The number of ketones is 1. The second-order valence-electron chi connectivity index (χ2n) is 6.36. The molecule has 0 unspecified atom stereocenters. The van der Waals surface area contributed by atoms with Crippen LogP contribution in [0, 0.1) is 0 Å². The molecule has 5 rings (SSSR count). The maximum atomic E-state index is 12.6. The predicted molar refractivity (Wildman–Crippen MR) is 104 cm³/mol. The van der Waals surface area contributed by atoms with Crippen LogP contribution < -0.4 is 0 Å². The topological polar surface area (TPSA) is 60.9 Å². The number of carbonyl (C=O) groups is 1. The van der Waals surface area contributed by atoms with Crippen LogP contribution in [-0.4, -0.2) is 20.3 Å². The number of hydrogen-bond donors (Lipinski definition) is 0. The number of fused-ring (bicyclic) bond motifs is 3. The third-order valence-electron chi connectivity index (χ3n) is 4.72. The van der Waals surface area contributed by atoms with E-state index in [9.17, 15) is 4.79 Å². The van der Waals surface area contributed by atoms with E-state index in [-0.39, 0.29) is 5.78 Å². The van der Waals surface area contributed by atoms with Crippen LogP contribution in [0.2, 0.25) is 0 Å². The lowest BCUT2D eigenvalue weighted by atomic mass is 10.1. The first-order valence-electron chi connectivity index (χ1n) is 8.62. The molecule has 0 N–H and O–H groups in total. The molecule has 5 aromatic rings. The Balaban J connectivity index is 1.62. The number of nitrogens with zero attached hydrogens (tertiary/aromatic N) is 3. The summed E-state index contributed by atoms with van der Waals surface area (Å²) >= 11 is 0. The summed E-state index contributed by atoms with van der Waals surface area (Å²) in [5.41, 5.74) is 3.35. The van der Waals surface area contributed by atoms with Gasteiger partial charge in [0.05, 0.1) is 16.6 Å². The van der Waals surface area contributed by atoms with Crippen molar-refractivity contribution in [1.82, 2.24) is 14.5 Å². The number of furan rings is 1. The zero-order chi connectivity index (χ0) is 18.4. The molecule has 27 heavy (non-hydrogen) atoms. The maximum Gasteiger partial charge on any atom is 0.228 e. The van der Waals surface area contributed by atoms with Gasteiger partial charge in [-0.1, -0.05) is 30.3 Å². The van der Waals surface area contributed by atoms with Crippen molar-refractivity contribution < 1.29 is 9.21 Å². The van der Waals surface area contributed by atoms with E-state index < -0.39 is 0 Å². The van der Waals surface area contributed by atoms with Crippen LogP contribution in [-0.2, 0) is 7.05 Å². The minimum absolute atomic E-state index is 0.143. The van der Waals surface area contributed by atoms with Gasteiger partial charge in [-0.05, 0) is 36.4 Å². The molecule has 0 atom stereocenters. The molecule has 5 heteroatoms. The Bertz CT molecular complexity index is 1300. The van der Waals surface area contributed by atoms with E-state index in [4.69, 9.17) is 9.40 Å². The molecule has 3 aromatic heterocycles. The van der Waals surface area contributed by atoms with Gasteiger partial charge in [0.25, 0.3) is 0 Å². The summed E-state index contributed by atoms with van der Waals surface area (Å²) in [5, 5.41) is 0.990. The fourth-order valence-corrected chi connectivity index (χ4v) is 3.34. The number of benzene rings is 2. The van der Waals surface area contributed by atoms with Crippen molar-refractivity contribution in [2.24, 2.45) is 7.05 Å². The van der Waals surface area contributed by atoms with Crippen LogP contribution in [0.25, 0.3) is 33.5 Å². The van der Waals surface area contributed by atoms with E-state index in [2.05, 4.69) is 4.98 Å². The van der Waals surface area contributed by atoms with E-state index in [1.165, 1.54) is 0 Å². The number of carbonyl (C=O) groups excluding carboxylic acids is 1. The number of aryl methyl sites for hydroxylation is 1. The first-order valence-corrected chi connectivity index (χ1v) is 8.62. The van der Waals surface area contributed by atoms with Crippen molar-refractivity contribution in [3.05, 3.63) is 84.3 Å². The fraction of sp³-hybridized carbons (Fsp3) is 0.0455. The van der Waals surface area contributed by atoms with Crippen molar-refractivity contribution in [1.29, 1.82) is 0 Å². The van der Waals surface area contributed by atoms with Gasteiger partial charge < -0.3 is 8.98 Å². The Labute approximate surface area is 154 Å². The number of rotatable bonds is 3. The third kappa shape index (κ3) is 2.44. The molecule has 3 heterocycles. The van der Waals surface area contributed by atoms with E-state index in [1.807, 2.05) is 54.1 Å². The highest BCUT2D eigenvalue weighted by Crippen LogP contribution is 2.29. The highest BCUT2D eigenvalue weighted by atomic mass is 16.3. The fourth-order valence-electron chi connectivity index (χ4n) is 3.34. The second kappa shape index (κ2) is 5.92. The van der Waals surface area contributed by atoms with Gasteiger partial charge in [-0.25, -0.2) is 4.98 Å². The van der Waals surface area contributed by atoms with Gasteiger partial charge in [0.2, 0.25) is 5.78 Å². The zero-order valence-electron chi connectivity index (χ0n) is 14.6. The van der Waals surface area contributed by atoms with Gasteiger partial charge in [0.15, 0.2) is 17.3 Å². The van der Waals surface area contributed by atoms with E-state index in [0.29, 0.717) is 22.9 Å². The Morgan fingerprint density at radius 1 is 0.963 bits per heavy atom. The summed E-state index contributed by atoms with van der Waals surface area (Å²) in [6.45, 7) is 0. The van der Waals surface area contributed by atoms with Crippen LogP contribution in [0.5, 0.6) is 0 Å². The van der Waals surface area contributed by atoms with E-state index in [0.717, 1.165) is 21.9 Å². The number of hydrogen-bond acceptors (Lipinski definition) is 4. The molecule has 5 nitrogen and oxygen atoms in total. The van der Waals surface area contributed by atoms with Crippen LogP contribution in [0.3, 0.4) is 0 Å². The smallest absolute Gasteiger partial charge is 0.228 e. The van der Waals surface area contributed by atoms with E-state index >= 15 is 0 Å². The molecule has 0 saturated carbocycles. The lowest BCUT2D eigenvalue weighted by molar-refractivity contribution is 0.101. The average Bonchev–Trinajstić information content (AvgIpc) is 3.33. The van der Waals surface area contributed by atoms with Gasteiger partial charge in [0.1, 0.15) is 0 Å². The lowest BCUT2D eigenvalue weighted by Gasteiger charge is -2.00. The van der Waals surface area contributed by atoms with Crippen molar-refractivity contribution in [3.8, 4) is 11.6 Å². The molecule has 2 aromatic carbocycles. The van der Waals surface area contributed by atoms with Crippen molar-refractivity contribution in [3.63, 3.8) is 0 Å². The first-order chi connectivity index (χ1) is 13.2. The molecule has 0 fully saturated rings. The third-order valence-corrected chi connectivity index (χ3v) is 4.72. The summed E-state index contributed by atoms with van der Waals surface area (Å²) in [6.07, 6.45) is 1.77. The largest absolute Gasteiger partial charge is 0.449 e. The molecular weight excluding hydrogens is 338 g/mol. The minimum atomic E-state index is -0.143. The minimum Gasteiger partial charge on any atom is -0.449 e. The number of imidazole rings is 1. The van der Waals surface area contributed by atoms with Crippen molar-refractivity contribution in [2.75, 3.05) is 0 Å². The predicted octanol–water partition coefficient (Wildman–Crippen LogP) is 4.61. The van der Waals surface area contributed by atoms with Crippen molar-refractivity contribution in [2.45, 2.75) is 0 Å².